The third kappa shape index (κ3) is 7.12. The number of aryl methyl sites for hydroxylation is 2. The van der Waals surface area contributed by atoms with Crippen LogP contribution in [0, 0.1) is 13.8 Å². The van der Waals surface area contributed by atoms with E-state index in [0.717, 1.165) is 42.4 Å². The van der Waals surface area contributed by atoms with Crippen LogP contribution in [0.2, 0.25) is 10.0 Å². The minimum Gasteiger partial charge on any atom is -0.483 e. The summed E-state index contributed by atoms with van der Waals surface area (Å²) < 4.78 is 5.82. The van der Waals surface area contributed by atoms with Crippen LogP contribution in [0.5, 0.6) is 5.75 Å². The molecule has 0 saturated heterocycles. The van der Waals surface area contributed by atoms with E-state index < -0.39 is 6.04 Å². The van der Waals surface area contributed by atoms with E-state index >= 15 is 0 Å². The third-order valence-corrected chi connectivity index (χ3v) is 6.74. The average molecular weight is 491 g/mol. The van der Waals surface area contributed by atoms with Gasteiger partial charge < -0.3 is 15.0 Å². The third-order valence-electron chi connectivity index (χ3n) is 6.16. The highest BCUT2D eigenvalue weighted by molar-refractivity contribution is 6.35. The molecule has 0 aliphatic heterocycles. The zero-order valence-electron chi connectivity index (χ0n) is 19.5. The zero-order valence-corrected chi connectivity index (χ0v) is 21.0. The second kappa shape index (κ2) is 11.8. The molecule has 0 bridgehead atoms. The molecule has 0 spiro atoms. The van der Waals surface area contributed by atoms with Gasteiger partial charge in [-0.15, -0.1) is 0 Å². The van der Waals surface area contributed by atoms with Gasteiger partial charge in [-0.2, -0.15) is 0 Å². The Labute approximate surface area is 206 Å². The molecule has 33 heavy (non-hydrogen) atoms. The Balaban J connectivity index is 1.75. The Hall–Kier alpha value is -2.24. The van der Waals surface area contributed by atoms with Crippen LogP contribution in [-0.4, -0.2) is 35.4 Å². The first-order valence-electron chi connectivity index (χ1n) is 11.5. The molecule has 3 rings (SSSR count). The van der Waals surface area contributed by atoms with Crippen molar-refractivity contribution in [2.24, 2.45) is 0 Å². The largest absolute Gasteiger partial charge is 0.483 e. The van der Waals surface area contributed by atoms with Crippen molar-refractivity contribution in [2.75, 3.05) is 6.61 Å². The monoisotopic (exact) mass is 490 g/mol. The lowest BCUT2D eigenvalue weighted by Gasteiger charge is -2.31. The Kier molecular flexibility index (Phi) is 9.04. The van der Waals surface area contributed by atoms with E-state index in [1.54, 1.807) is 25.1 Å². The van der Waals surface area contributed by atoms with E-state index in [1.807, 2.05) is 32.0 Å². The first-order valence-corrected chi connectivity index (χ1v) is 12.2. The van der Waals surface area contributed by atoms with Crippen LogP contribution in [0.25, 0.3) is 0 Å². The summed E-state index contributed by atoms with van der Waals surface area (Å²) in [5, 5.41) is 4.10. The fourth-order valence-electron chi connectivity index (χ4n) is 4.17. The lowest BCUT2D eigenvalue weighted by Crippen LogP contribution is -2.51. The van der Waals surface area contributed by atoms with Crippen molar-refractivity contribution in [1.29, 1.82) is 0 Å². The van der Waals surface area contributed by atoms with Crippen molar-refractivity contribution in [1.82, 2.24) is 10.2 Å². The summed E-state index contributed by atoms with van der Waals surface area (Å²) in [6, 6.07) is 10.4. The number of ether oxygens (including phenoxy) is 1. The van der Waals surface area contributed by atoms with E-state index in [0.29, 0.717) is 15.8 Å². The van der Waals surface area contributed by atoms with Crippen LogP contribution in [0.15, 0.2) is 36.4 Å². The molecule has 1 atom stereocenters. The molecule has 1 aliphatic carbocycles. The Morgan fingerprint density at radius 3 is 2.48 bits per heavy atom. The van der Waals surface area contributed by atoms with Crippen LogP contribution in [-0.2, 0) is 16.1 Å². The number of hydrogen-bond acceptors (Lipinski definition) is 3. The van der Waals surface area contributed by atoms with E-state index in [2.05, 4.69) is 5.32 Å². The Morgan fingerprint density at radius 1 is 1.09 bits per heavy atom. The summed E-state index contributed by atoms with van der Waals surface area (Å²) in [6.45, 7) is 5.71. The molecule has 7 heteroatoms. The van der Waals surface area contributed by atoms with Gasteiger partial charge in [-0.3, -0.25) is 9.59 Å². The van der Waals surface area contributed by atoms with Crippen LogP contribution >= 0.6 is 23.2 Å². The fourth-order valence-corrected chi connectivity index (χ4v) is 4.64. The first kappa shape index (κ1) is 25.4. The van der Waals surface area contributed by atoms with Crippen molar-refractivity contribution in [3.63, 3.8) is 0 Å². The summed E-state index contributed by atoms with van der Waals surface area (Å²) in [5.41, 5.74) is 2.80. The van der Waals surface area contributed by atoms with Gasteiger partial charge in [-0.05, 0) is 62.9 Å². The molecular weight excluding hydrogens is 459 g/mol. The van der Waals surface area contributed by atoms with Gasteiger partial charge in [-0.25, -0.2) is 0 Å². The quantitative estimate of drug-likeness (QED) is 0.504. The molecule has 2 aromatic carbocycles. The van der Waals surface area contributed by atoms with Gasteiger partial charge in [-0.1, -0.05) is 66.2 Å². The molecule has 5 nitrogen and oxygen atoms in total. The number of rotatable bonds is 8. The minimum atomic E-state index is -0.672. The Bertz CT molecular complexity index is 989. The standard InChI is InChI=1S/C26H32Cl2N2O3/c1-17-9-12-24(18(2)13-17)33-16-25(31)30(15-20-10-11-21(27)14-23(20)28)19(3)26(32)29-22-7-5-4-6-8-22/h9-14,19,22H,4-8,15-16H2,1-3H3,(H,29,32)/t19-/m0/s1. The van der Waals surface area contributed by atoms with Crippen molar-refractivity contribution in [2.45, 2.75) is 71.5 Å². The van der Waals surface area contributed by atoms with Crippen LogP contribution in [0.4, 0.5) is 0 Å². The predicted molar refractivity (Wildman–Crippen MR) is 133 cm³/mol. The molecule has 1 aliphatic rings. The lowest BCUT2D eigenvalue weighted by atomic mass is 9.95. The minimum absolute atomic E-state index is 0.160. The van der Waals surface area contributed by atoms with Gasteiger partial charge in [0.1, 0.15) is 11.8 Å². The highest BCUT2D eigenvalue weighted by Gasteiger charge is 2.29. The molecule has 2 aromatic rings. The second-order valence-corrected chi connectivity index (χ2v) is 9.68. The normalized spacial score (nSPS) is 15.1. The second-order valence-electron chi connectivity index (χ2n) is 8.83. The SMILES string of the molecule is Cc1ccc(OCC(=O)N(Cc2ccc(Cl)cc2Cl)[C@@H](C)C(=O)NC2CCCCC2)c(C)c1. The number of hydrogen-bond donors (Lipinski definition) is 1. The molecule has 0 unspecified atom stereocenters. The average Bonchev–Trinajstić information content (AvgIpc) is 2.78. The number of carbonyl (C=O) groups is 2. The number of nitrogens with zero attached hydrogens (tertiary/aromatic N) is 1. The number of benzene rings is 2. The van der Waals surface area contributed by atoms with Crippen LogP contribution in [0.1, 0.15) is 55.7 Å². The fraction of sp³-hybridized carbons (Fsp3) is 0.462. The molecular formula is C26H32Cl2N2O3. The molecule has 2 amide bonds. The van der Waals surface area contributed by atoms with Gasteiger partial charge in [0.25, 0.3) is 5.91 Å². The molecule has 1 saturated carbocycles. The highest BCUT2D eigenvalue weighted by atomic mass is 35.5. The summed E-state index contributed by atoms with van der Waals surface area (Å²) in [5.74, 6) is 0.205. The zero-order chi connectivity index (χ0) is 24.0. The number of nitrogens with one attached hydrogen (secondary N) is 1. The predicted octanol–water partition coefficient (Wildman–Crippen LogP) is 5.86. The maximum atomic E-state index is 13.3. The van der Waals surface area contributed by atoms with Crippen molar-refractivity contribution >= 4 is 35.0 Å². The van der Waals surface area contributed by atoms with Crippen LogP contribution < -0.4 is 10.1 Å². The first-order chi connectivity index (χ1) is 15.7. The van der Waals surface area contributed by atoms with Gasteiger partial charge in [0.2, 0.25) is 5.91 Å². The maximum absolute atomic E-state index is 13.3. The van der Waals surface area contributed by atoms with E-state index in [4.69, 9.17) is 27.9 Å². The molecule has 1 N–H and O–H groups in total. The van der Waals surface area contributed by atoms with Gasteiger partial charge >= 0.3 is 0 Å². The molecule has 0 aromatic heterocycles. The number of halogens is 2. The number of amides is 2. The Morgan fingerprint density at radius 2 is 1.82 bits per heavy atom. The van der Waals surface area contributed by atoms with Gasteiger partial charge in [0.05, 0.1) is 0 Å². The van der Waals surface area contributed by atoms with Gasteiger partial charge in [0, 0.05) is 22.6 Å². The highest BCUT2D eigenvalue weighted by Crippen LogP contribution is 2.24. The summed E-state index contributed by atoms with van der Waals surface area (Å²) in [4.78, 5) is 27.8. The van der Waals surface area contributed by atoms with Crippen molar-refractivity contribution < 1.29 is 14.3 Å². The molecule has 1 fully saturated rings. The van der Waals surface area contributed by atoms with E-state index in [-0.39, 0.29) is 31.0 Å². The topological polar surface area (TPSA) is 58.6 Å². The molecule has 0 radical (unpaired) electrons. The lowest BCUT2D eigenvalue weighted by molar-refractivity contribution is -0.142. The summed E-state index contributed by atoms with van der Waals surface area (Å²) in [6.07, 6.45) is 5.39. The van der Waals surface area contributed by atoms with E-state index in [9.17, 15) is 9.59 Å². The van der Waals surface area contributed by atoms with Crippen LogP contribution in [0.3, 0.4) is 0 Å². The smallest absolute Gasteiger partial charge is 0.261 e. The summed E-state index contributed by atoms with van der Waals surface area (Å²) in [7, 11) is 0. The van der Waals surface area contributed by atoms with Gasteiger partial charge in [0.15, 0.2) is 6.61 Å². The maximum Gasteiger partial charge on any atom is 0.261 e. The van der Waals surface area contributed by atoms with Crippen molar-refractivity contribution in [3.05, 3.63) is 63.1 Å². The van der Waals surface area contributed by atoms with E-state index in [1.165, 1.54) is 11.3 Å². The summed E-state index contributed by atoms with van der Waals surface area (Å²) >= 11 is 12.4. The number of carbonyl (C=O) groups excluding carboxylic acids is 2. The molecule has 0 heterocycles. The van der Waals surface area contributed by atoms with Crippen molar-refractivity contribution in [3.8, 4) is 5.75 Å². The molecule has 178 valence electrons.